The first-order valence-corrected chi connectivity index (χ1v) is 12.4. The standard InChI is InChI=1S/C30H25F2N5O2/c1-17-23(15-21-16-34-10-9-26(21)36-17)30(39)37-27(14-19-3-6-24(31)25(32)13-19)28(38)7-4-18-2-5-22-20(12-18)8-11-35-29(22)33/h2-3,5-6,8-13,15-16,27H,4,7,14H2,1H3,(H2,33,35)(H,37,39)/t27-/m0/s1. The molecule has 3 N–H and O–H groups in total. The molecule has 1 amide bonds. The zero-order chi connectivity index (χ0) is 27.5. The average molecular weight is 526 g/mol. The number of pyridine rings is 3. The van der Waals surface area contributed by atoms with Crippen LogP contribution in [-0.2, 0) is 17.6 Å². The zero-order valence-electron chi connectivity index (χ0n) is 21.1. The van der Waals surface area contributed by atoms with Crippen LogP contribution >= 0.6 is 0 Å². The molecule has 0 unspecified atom stereocenters. The number of carbonyl (C=O) groups excluding carboxylic acids is 2. The molecule has 0 spiro atoms. The SMILES string of the molecule is Cc1nc2ccncc2cc1C(=O)N[C@@H](Cc1ccc(F)c(F)c1)C(=O)CCc1ccc2c(N)nccc2c1. The molecule has 5 rings (SSSR count). The Bertz CT molecular complexity index is 1720. The molecule has 196 valence electrons. The van der Waals surface area contributed by atoms with E-state index in [2.05, 4.69) is 20.3 Å². The minimum atomic E-state index is -1.02. The maximum atomic E-state index is 13.9. The fourth-order valence-electron chi connectivity index (χ4n) is 4.57. The van der Waals surface area contributed by atoms with E-state index >= 15 is 0 Å². The molecule has 3 aromatic heterocycles. The molecule has 0 fully saturated rings. The number of ketones is 1. The second-order valence-electron chi connectivity index (χ2n) is 9.39. The third-order valence-electron chi connectivity index (χ3n) is 6.69. The maximum Gasteiger partial charge on any atom is 0.253 e. The van der Waals surface area contributed by atoms with Gasteiger partial charge < -0.3 is 11.1 Å². The molecule has 0 aliphatic carbocycles. The van der Waals surface area contributed by atoms with Crippen molar-refractivity contribution < 1.29 is 18.4 Å². The Labute approximate surface area is 223 Å². The Kier molecular flexibility index (Phi) is 7.23. The highest BCUT2D eigenvalue weighted by Gasteiger charge is 2.24. The summed E-state index contributed by atoms with van der Waals surface area (Å²) >= 11 is 0. The number of carbonyl (C=O) groups is 2. The highest BCUT2D eigenvalue weighted by atomic mass is 19.2. The van der Waals surface area contributed by atoms with Gasteiger partial charge in [-0.15, -0.1) is 0 Å². The molecule has 5 aromatic rings. The highest BCUT2D eigenvalue weighted by Crippen LogP contribution is 2.21. The Morgan fingerprint density at radius 3 is 2.59 bits per heavy atom. The van der Waals surface area contributed by atoms with Gasteiger partial charge >= 0.3 is 0 Å². The van der Waals surface area contributed by atoms with Crippen LogP contribution in [0.15, 0.2) is 73.2 Å². The predicted molar refractivity (Wildman–Crippen MR) is 145 cm³/mol. The first-order valence-electron chi connectivity index (χ1n) is 12.4. The molecule has 0 saturated heterocycles. The number of aryl methyl sites for hydroxylation is 2. The summed E-state index contributed by atoms with van der Waals surface area (Å²) in [6.45, 7) is 1.71. The van der Waals surface area contributed by atoms with E-state index in [1.54, 1.807) is 37.6 Å². The molecule has 39 heavy (non-hydrogen) atoms. The van der Waals surface area contributed by atoms with E-state index in [1.165, 1.54) is 6.07 Å². The fourth-order valence-corrected chi connectivity index (χ4v) is 4.57. The summed E-state index contributed by atoms with van der Waals surface area (Å²) in [7, 11) is 0. The molecular formula is C30H25F2N5O2. The van der Waals surface area contributed by atoms with E-state index in [9.17, 15) is 18.4 Å². The zero-order valence-corrected chi connectivity index (χ0v) is 21.1. The van der Waals surface area contributed by atoms with E-state index in [-0.39, 0.29) is 18.6 Å². The summed E-state index contributed by atoms with van der Waals surface area (Å²) < 4.78 is 27.4. The summed E-state index contributed by atoms with van der Waals surface area (Å²) in [4.78, 5) is 39.4. The van der Waals surface area contributed by atoms with E-state index < -0.39 is 23.6 Å². The number of halogens is 2. The minimum Gasteiger partial charge on any atom is -0.383 e. The number of fused-ring (bicyclic) bond motifs is 2. The van der Waals surface area contributed by atoms with Crippen molar-refractivity contribution in [2.24, 2.45) is 0 Å². The molecule has 9 heteroatoms. The maximum absolute atomic E-state index is 13.9. The molecule has 0 radical (unpaired) electrons. The predicted octanol–water partition coefficient (Wildman–Crippen LogP) is 4.89. The number of hydrogen-bond acceptors (Lipinski definition) is 6. The monoisotopic (exact) mass is 525 g/mol. The van der Waals surface area contributed by atoms with Gasteiger partial charge in [0.15, 0.2) is 17.4 Å². The minimum absolute atomic E-state index is 0.00328. The molecular weight excluding hydrogens is 500 g/mol. The summed E-state index contributed by atoms with van der Waals surface area (Å²) in [5.41, 5.74) is 8.74. The van der Waals surface area contributed by atoms with E-state index in [0.717, 1.165) is 28.5 Å². The van der Waals surface area contributed by atoms with Gasteiger partial charge in [-0.3, -0.25) is 19.6 Å². The number of rotatable bonds is 8. The van der Waals surface area contributed by atoms with Crippen molar-refractivity contribution in [2.45, 2.75) is 32.2 Å². The van der Waals surface area contributed by atoms with Crippen molar-refractivity contribution in [3.05, 3.63) is 107 Å². The van der Waals surface area contributed by atoms with Crippen LogP contribution in [0.25, 0.3) is 21.7 Å². The van der Waals surface area contributed by atoms with Gasteiger partial charge in [-0.05, 0) is 66.6 Å². The highest BCUT2D eigenvalue weighted by molar-refractivity contribution is 6.01. The van der Waals surface area contributed by atoms with Gasteiger partial charge in [-0.1, -0.05) is 24.3 Å². The van der Waals surface area contributed by atoms with Crippen molar-refractivity contribution in [1.29, 1.82) is 0 Å². The third kappa shape index (κ3) is 5.72. The topological polar surface area (TPSA) is 111 Å². The number of amides is 1. The Morgan fingerprint density at radius 2 is 1.77 bits per heavy atom. The summed E-state index contributed by atoms with van der Waals surface area (Å²) in [5, 5.41) is 5.22. The first-order chi connectivity index (χ1) is 18.8. The molecule has 2 aromatic carbocycles. The van der Waals surface area contributed by atoms with Crippen molar-refractivity contribution in [1.82, 2.24) is 20.3 Å². The molecule has 3 heterocycles. The number of hydrogen-bond donors (Lipinski definition) is 2. The average Bonchev–Trinajstić information content (AvgIpc) is 2.93. The number of nitrogen functional groups attached to an aromatic ring is 1. The van der Waals surface area contributed by atoms with Crippen LogP contribution in [0.3, 0.4) is 0 Å². The molecule has 0 bridgehead atoms. The lowest BCUT2D eigenvalue weighted by atomic mass is 9.96. The Morgan fingerprint density at radius 1 is 0.949 bits per heavy atom. The van der Waals surface area contributed by atoms with E-state index in [0.29, 0.717) is 40.0 Å². The van der Waals surface area contributed by atoms with Crippen molar-refractivity contribution >= 4 is 39.2 Å². The second-order valence-corrected chi connectivity index (χ2v) is 9.39. The molecule has 7 nitrogen and oxygen atoms in total. The third-order valence-corrected chi connectivity index (χ3v) is 6.69. The van der Waals surface area contributed by atoms with Gasteiger partial charge in [0, 0.05) is 35.8 Å². The number of nitrogens with two attached hydrogens (primary N) is 1. The van der Waals surface area contributed by atoms with Gasteiger partial charge in [0.1, 0.15) is 5.82 Å². The molecule has 0 saturated carbocycles. The number of aromatic nitrogens is 3. The van der Waals surface area contributed by atoms with Gasteiger partial charge in [0.05, 0.1) is 22.8 Å². The number of nitrogens with one attached hydrogen (secondary N) is 1. The van der Waals surface area contributed by atoms with E-state index in [4.69, 9.17) is 5.73 Å². The van der Waals surface area contributed by atoms with Gasteiger partial charge in [0.2, 0.25) is 0 Å². The van der Waals surface area contributed by atoms with Crippen LogP contribution in [0.1, 0.15) is 33.6 Å². The van der Waals surface area contributed by atoms with Crippen LogP contribution in [0.5, 0.6) is 0 Å². The Balaban J connectivity index is 1.38. The van der Waals surface area contributed by atoms with Crippen LogP contribution in [0.4, 0.5) is 14.6 Å². The fraction of sp³-hybridized carbons (Fsp3) is 0.167. The summed E-state index contributed by atoms with van der Waals surface area (Å²) in [6, 6.07) is 13.4. The second kappa shape index (κ2) is 10.9. The molecule has 1 atom stereocenters. The lowest BCUT2D eigenvalue weighted by Gasteiger charge is -2.19. The Hall–Kier alpha value is -4.79. The van der Waals surface area contributed by atoms with Crippen LogP contribution in [-0.4, -0.2) is 32.7 Å². The van der Waals surface area contributed by atoms with E-state index in [1.807, 2.05) is 24.3 Å². The number of anilines is 1. The lowest BCUT2D eigenvalue weighted by molar-refractivity contribution is -0.120. The van der Waals surface area contributed by atoms with Gasteiger partial charge in [-0.2, -0.15) is 0 Å². The number of Topliss-reactive ketones (excluding diaryl/α,β-unsaturated/α-hetero) is 1. The van der Waals surface area contributed by atoms with Gasteiger partial charge in [-0.25, -0.2) is 13.8 Å². The van der Waals surface area contributed by atoms with Crippen LogP contribution < -0.4 is 11.1 Å². The number of nitrogens with zero attached hydrogens (tertiary/aromatic N) is 3. The number of benzene rings is 2. The van der Waals surface area contributed by atoms with Crippen molar-refractivity contribution in [3.63, 3.8) is 0 Å². The lowest BCUT2D eigenvalue weighted by Crippen LogP contribution is -2.43. The smallest absolute Gasteiger partial charge is 0.253 e. The molecule has 0 aliphatic heterocycles. The normalized spacial score (nSPS) is 12.0. The van der Waals surface area contributed by atoms with Crippen molar-refractivity contribution in [2.75, 3.05) is 5.73 Å². The van der Waals surface area contributed by atoms with Gasteiger partial charge in [0.25, 0.3) is 5.91 Å². The van der Waals surface area contributed by atoms with Crippen LogP contribution in [0, 0.1) is 18.6 Å². The summed E-state index contributed by atoms with van der Waals surface area (Å²) in [5.74, 6) is -2.30. The largest absolute Gasteiger partial charge is 0.383 e. The quantitative estimate of drug-likeness (QED) is 0.299. The van der Waals surface area contributed by atoms with Crippen molar-refractivity contribution in [3.8, 4) is 0 Å². The molecule has 0 aliphatic rings. The first kappa shape index (κ1) is 25.8. The van der Waals surface area contributed by atoms with Crippen LogP contribution in [0.2, 0.25) is 0 Å². The summed E-state index contributed by atoms with van der Waals surface area (Å²) in [6.07, 6.45) is 5.40.